The second-order valence-electron chi connectivity index (χ2n) is 9.05. The Balaban J connectivity index is 1.79. The highest BCUT2D eigenvalue weighted by Gasteiger charge is 2.36. The maximum atomic E-state index is 14.1. The lowest BCUT2D eigenvalue weighted by Gasteiger charge is -2.25. The first kappa shape index (κ1) is 26.8. The molecule has 2 aliphatic heterocycles. The fourth-order valence-electron chi connectivity index (χ4n) is 4.84. The predicted molar refractivity (Wildman–Crippen MR) is 148 cm³/mol. The zero-order chi connectivity index (χ0) is 28.7. The number of anilines is 1. The summed E-state index contributed by atoms with van der Waals surface area (Å²) in [5, 5.41) is 0. The molecule has 0 radical (unpaired) electrons. The molecule has 1 unspecified atom stereocenters. The van der Waals surface area contributed by atoms with E-state index in [0.717, 1.165) is 11.3 Å². The van der Waals surface area contributed by atoms with Crippen molar-refractivity contribution in [2.45, 2.75) is 19.9 Å². The fraction of sp³-hybridized carbons (Fsp3) is 0.207. The molecular formula is C29H25N3O7S. The first-order valence-corrected chi connectivity index (χ1v) is 13.1. The summed E-state index contributed by atoms with van der Waals surface area (Å²) in [5.74, 6) is -1.10. The summed E-state index contributed by atoms with van der Waals surface area (Å²) in [4.78, 5) is 58.7. The van der Waals surface area contributed by atoms with Crippen LogP contribution in [-0.4, -0.2) is 43.2 Å². The Bertz CT molecular complexity index is 1820. The molecule has 0 spiro atoms. The summed E-state index contributed by atoms with van der Waals surface area (Å²) in [5.41, 5.74) is 2.12. The molecule has 40 heavy (non-hydrogen) atoms. The van der Waals surface area contributed by atoms with Crippen LogP contribution in [0.25, 0.3) is 5.57 Å². The molecule has 1 atom stereocenters. The number of allylic oxidation sites excluding steroid dienone is 1. The summed E-state index contributed by atoms with van der Waals surface area (Å²) in [6.07, 6.45) is 1.44. The van der Waals surface area contributed by atoms with Crippen molar-refractivity contribution in [3.63, 3.8) is 0 Å². The lowest BCUT2D eigenvalue weighted by atomic mass is 9.95. The van der Waals surface area contributed by atoms with Crippen molar-refractivity contribution in [2.75, 3.05) is 25.7 Å². The van der Waals surface area contributed by atoms with Crippen LogP contribution in [0.1, 0.15) is 31.0 Å². The number of carbonyl (C=O) groups excluding carboxylic acids is 3. The number of esters is 2. The second kappa shape index (κ2) is 10.4. The van der Waals surface area contributed by atoms with Gasteiger partial charge in [-0.25, -0.2) is 9.79 Å². The van der Waals surface area contributed by atoms with Crippen molar-refractivity contribution in [1.82, 2.24) is 4.57 Å². The van der Waals surface area contributed by atoms with Gasteiger partial charge in [0.15, 0.2) is 16.3 Å². The minimum atomic E-state index is -0.965. The molecule has 204 valence electrons. The summed E-state index contributed by atoms with van der Waals surface area (Å²) in [6.45, 7) is 6.48. The Kier molecular flexibility index (Phi) is 6.99. The third-order valence-electron chi connectivity index (χ3n) is 6.59. The van der Waals surface area contributed by atoms with E-state index in [2.05, 4.69) is 11.6 Å². The molecule has 3 heterocycles. The van der Waals surface area contributed by atoms with Gasteiger partial charge in [-0.05, 0) is 30.7 Å². The van der Waals surface area contributed by atoms with Crippen LogP contribution in [0.2, 0.25) is 0 Å². The van der Waals surface area contributed by atoms with E-state index in [1.54, 1.807) is 38.2 Å². The number of thiazole rings is 1. The van der Waals surface area contributed by atoms with Gasteiger partial charge in [-0.1, -0.05) is 48.3 Å². The number of methoxy groups -OCH3 is 1. The molecule has 0 saturated carbocycles. The van der Waals surface area contributed by atoms with Crippen molar-refractivity contribution >= 4 is 40.4 Å². The zero-order valence-corrected chi connectivity index (χ0v) is 23.0. The molecule has 0 fully saturated rings. The van der Waals surface area contributed by atoms with E-state index in [1.807, 2.05) is 12.1 Å². The molecule has 0 bridgehead atoms. The SMILES string of the molecule is C=CCOC(=O)C1=C(C)N=c2s/c(=C3\C(=O)N(C)c4ccccc43)c(=O)n2C1c1ccc(OC(C)=O)c(OC)c1. The average molecular weight is 560 g/mol. The Labute approximate surface area is 232 Å². The molecule has 0 N–H and O–H groups in total. The highest BCUT2D eigenvalue weighted by Crippen LogP contribution is 2.37. The van der Waals surface area contributed by atoms with Gasteiger partial charge in [-0.3, -0.25) is 19.0 Å². The standard InChI is InChI=1S/C29H25N3O7S/c1-6-13-38-28(36)22-15(2)30-29-32(24(22)17-11-12-20(39-16(3)33)21(14-17)37-5)27(35)25(40-29)23-18-9-7-8-10-19(18)31(4)26(23)34/h6-12,14,24H,1,13H2,2-5H3/b25-23-. The highest BCUT2D eigenvalue weighted by atomic mass is 32.1. The van der Waals surface area contributed by atoms with Crippen LogP contribution in [0.5, 0.6) is 11.5 Å². The van der Waals surface area contributed by atoms with Crippen molar-refractivity contribution in [1.29, 1.82) is 0 Å². The van der Waals surface area contributed by atoms with Gasteiger partial charge in [-0.2, -0.15) is 0 Å². The van der Waals surface area contributed by atoms with Gasteiger partial charge >= 0.3 is 11.9 Å². The molecule has 3 aromatic rings. The van der Waals surface area contributed by atoms with Crippen molar-refractivity contribution in [3.8, 4) is 11.5 Å². The molecule has 2 aliphatic rings. The summed E-state index contributed by atoms with van der Waals surface area (Å²) in [7, 11) is 3.07. The Morgan fingerprint density at radius 1 is 1.15 bits per heavy atom. The van der Waals surface area contributed by atoms with E-state index in [1.165, 1.54) is 35.6 Å². The third-order valence-corrected chi connectivity index (χ3v) is 7.64. The lowest BCUT2D eigenvalue weighted by molar-refractivity contribution is -0.138. The second-order valence-corrected chi connectivity index (χ2v) is 10.0. The number of rotatable bonds is 6. The molecule has 0 saturated heterocycles. The van der Waals surface area contributed by atoms with Crippen LogP contribution in [-0.2, 0) is 19.1 Å². The van der Waals surface area contributed by atoms with Gasteiger partial charge < -0.3 is 19.1 Å². The number of nitrogens with zero attached hydrogens (tertiary/aromatic N) is 3. The smallest absolute Gasteiger partial charge is 0.338 e. The van der Waals surface area contributed by atoms with Crippen LogP contribution in [0, 0.1) is 0 Å². The van der Waals surface area contributed by atoms with Crippen LogP contribution in [0.4, 0.5) is 5.69 Å². The molecule has 11 heteroatoms. The maximum absolute atomic E-state index is 14.1. The molecule has 5 rings (SSSR count). The van der Waals surface area contributed by atoms with E-state index in [-0.39, 0.29) is 39.7 Å². The molecule has 0 aliphatic carbocycles. The lowest BCUT2D eigenvalue weighted by Crippen LogP contribution is -2.40. The van der Waals surface area contributed by atoms with E-state index in [4.69, 9.17) is 14.2 Å². The maximum Gasteiger partial charge on any atom is 0.338 e. The van der Waals surface area contributed by atoms with E-state index >= 15 is 0 Å². The van der Waals surface area contributed by atoms with E-state index < -0.39 is 23.5 Å². The van der Waals surface area contributed by atoms with Crippen LogP contribution < -0.4 is 29.3 Å². The molecule has 2 aromatic carbocycles. The Morgan fingerprint density at radius 2 is 1.90 bits per heavy atom. The normalized spacial score (nSPS) is 17.1. The molecule has 1 aromatic heterocycles. The summed E-state index contributed by atoms with van der Waals surface area (Å²) in [6, 6.07) is 11.0. The fourth-order valence-corrected chi connectivity index (χ4v) is 5.98. The van der Waals surface area contributed by atoms with Crippen molar-refractivity contribution < 1.29 is 28.6 Å². The van der Waals surface area contributed by atoms with Gasteiger partial charge in [0.25, 0.3) is 11.5 Å². The van der Waals surface area contributed by atoms with Gasteiger partial charge in [0, 0.05) is 19.5 Å². The monoisotopic (exact) mass is 559 g/mol. The first-order chi connectivity index (χ1) is 19.2. The van der Waals surface area contributed by atoms with Crippen LogP contribution >= 0.6 is 11.3 Å². The number of fused-ring (bicyclic) bond motifs is 2. The van der Waals surface area contributed by atoms with E-state index in [9.17, 15) is 19.2 Å². The number of hydrogen-bond acceptors (Lipinski definition) is 9. The van der Waals surface area contributed by atoms with Crippen LogP contribution in [0.3, 0.4) is 0 Å². The Morgan fingerprint density at radius 3 is 2.60 bits per heavy atom. The quantitative estimate of drug-likeness (QED) is 0.258. The zero-order valence-electron chi connectivity index (χ0n) is 22.2. The third kappa shape index (κ3) is 4.34. The highest BCUT2D eigenvalue weighted by molar-refractivity contribution is 7.07. The molecule has 10 nitrogen and oxygen atoms in total. The van der Waals surface area contributed by atoms with Gasteiger partial charge in [0.05, 0.1) is 35.7 Å². The number of carbonyl (C=O) groups is 3. The summed E-state index contributed by atoms with van der Waals surface area (Å²) < 4.78 is 17.7. The number of ether oxygens (including phenoxy) is 3. The topological polar surface area (TPSA) is 117 Å². The number of para-hydroxylation sites is 1. The van der Waals surface area contributed by atoms with Gasteiger partial charge in [0.1, 0.15) is 11.1 Å². The summed E-state index contributed by atoms with van der Waals surface area (Å²) >= 11 is 1.08. The number of benzene rings is 2. The number of aromatic nitrogens is 1. The Hall–Kier alpha value is -4.77. The van der Waals surface area contributed by atoms with Crippen molar-refractivity contribution in [3.05, 3.63) is 97.2 Å². The van der Waals surface area contributed by atoms with E-state index in [0.29, 0.717) is 27.3 Å². The number of amides is 1. The average Bonchev–Trinajstić information content (AvgIpc) is 3.38. The first-order valence-electron chi connectivity index (χ1n) is 12.2. The van der Waals surface area contributed by atoms with Gasteiger partial charge in [-0.15, -0.1) is 0 Å². The van der Waals surface area contributed by atoms with Crippen molar-refractivity contribution in [2.24, 2.45) is 4.99 Å². The van der Waals surface area contributed by atoms with Crippen LogP contribution in [0.15, 0.2) is 76.2 Å². The molecular weight excluding hydrogens is 534 g/mol. The minimum absolute atomic E-state index is 0.0385. The minimum Gasteiger partial charge on any atom is -0.493 e. The van der Waals surface area contributed by atoms with Gasteiger partial charge in [0.2, 0.25) is 0 Å². The largest absolute Gasteiger partial charge is 0.493 e. The molecule has 1 amide bonds. The number of likely N-dealkylation sites (N-methyl/N-ethyl adjacent to an activating group) is 1. The predicted octanol–water partition coefficient (Wildman–Crippen LogP) is 2.24. The number of hydrogen-bond donors (Lipinski definition) is 0.